The zero-order valence-electron chi connectivity index (χ0n) is 14.5. The first kappa shape index (κ1) is 20.1. The molecule has 0 amide bonds. The highest BCUT2D eigenvalue weighted by Crippen LogP contribution is 2.35. The van der Waals surface area contributed by atoms with Gasteiger partial charge >= 0.3 is 0 Å². The number of aliphatic hydroxyl groups is 4. The lowest BCUT2D eigenvalue weighted by molar-refractivity contribution is -0.277. The van der Waals surface area contributed by atoms with Gasteiger partial charge < -0.3 is 40.1 Å². The Hall–Kier alpha value is -2.69. The van der Waals surface area contributed by atoms with E-state index in [0.29, 0.717) is 0 Å². The number of hydrogen-bond acceptors (Lipinski definition) is 9. The number of aliphatic hydroxyl groups excluding tert-OH is 4. The summed E-state index contributed by atoms with van der Waals surface area (Å²) in [6.45, 7) is -0.633. The molecule has 5 atom stereocenters. The summed E-state index contributed by atoms with van der Waals surface area (Å²) in [4.78, 5) is 12.5. The number of ether oxygens (including phenoxy) is 2. The fourth-order valence-electron chi connectivity index (χ4n) is 2.92. The van der Waals surface area contributed by atoms with E-state index in [-0.39, 0.29) is 16.9 Å². The van der Waals surface area contributed by atoms with Gasteiger partial charge in [0.05, 0.1) is 6.61 Å². The van der Waals surface area contributed by atoms with Gasteiger partial charge in [0.2, 0.25) is 12.1 Å². The molecule has 0 spiro atoms. The van der Waals surface area contributed by atoms with Gasteiger partial charge in [0.1, 0.15) is 47.2 Å². The number of hydrogen-bond donors (Lipinski definition) is 6. The molecule has 1 aliphatic rings. The van der Waals surface area contributed by atoms with E-state index in [1.165, 1.54) is 12.1 Å². The third kappa shape index (κ3) is 3.79. The van der Waals surface area contributed by atoms with E-state index in [2.05, 4.69) is 0 Å². The largest absolute Gasteiger partial charge is 0.507 e. The second-order valence-electron chi connectivity index (χ2n) is 6.35. The first-order valence-electron chi connectivity index (χ1n) is 8.46. The lowest BCUT2D eigenvalue weighted by Crippen LogP contribution is -2.60. The number of benzene rings is 2. The van der Waals surface area contributed by atoms with Crippen LogP contribution in [0.2, 0.25) is 0 Å². The van der Waals surface area contributed by atoms with Crippen LogP contribution in [-0.2, 0) is 4.74 Å². The molecular weight excluding hydrogens is 372 g/mol. The average Bonchev–Trinajstić information content (AvgIpc) is 2.68. The Bertz CT molecular complexity index is 814. The van der Waals surface area contributed by atoms with Crippen molar-refractivity contribution < 1.29 is 44.9 Å². The molecule has 2 aromatic rings. The maximum absolute atomic E-state index is 12.5. The fraction of sp³-hybridized carbons (Fsp3) is 0.316. The summed E-state index contributed by atoms with van der Waals surface area (Å²) >= 11 is 0. The van der Waals surface area contributed by atoms with Crippen molar-refractivity contribution in [3.8, 4) is 17.2 Å². The molecule has 1 saturated heterocycles. The number of carbonyl (C=O) groups is 1. The van der Waals surface area contributed by atoms with Gasteiger partial charge in [0.25, 0.3) is 0 Å². The van der Waals surface area contributed by atoms with Gasteiger partial charge in [-0.3, -0.25) is 4.79 Å². The molecule has 28 heavy (non-hydrogen) atoms. The minimum absolute atomic E-state index is 0.163. The van der Waals surface area contributed by atoms with Crippen molar-refractivity contribution >= 4 is 5.78 Å². The van der Waals surface area contributed by atoms with Gasteiger partial charge in [-0.15, -0.1) is 0 Å². The predicted molar refractivity (Wildman–Crippen MR) is 94.0 cm³/mol. The van der Waals surface area contributed by atoms with Crippen molar-refractivity contribution in [2.75, 3.05) is 6.61 Å². The van der Waals surface area contributed by atoms with E-state index in [4.69, 9.17) is 9.47 Å². The SMILES string of the molecule is O=C(c1ccccc1)c1c(O)cc(O[C@@H]2O[C@H](CO)[C@@H](O)[C@H](O)[C@H]2O)cc1O. The third-order valence-electron chi connectivity index (χ3n) is 4.43. The van der Waals surface area contributed by atoms with Crippen LogP contribution in [0.25, 0.3) is 0 Å². The average molecular weight is 392 g/mol. The summed E-state index contributed by atoms with van der Waals surface area (Å²) in [5, 5.41) is 59.1. The van der Waals surface area contributed by atoms with Gasteiger partial charge in [-0.05, 0) is 0 Å². The fourth-order valence-corrected chi connectivity index (χ4v) is 2.92. The smallest absolute Gasteiger partial charge is 0.229 e. The molecule has 9 nitrogen and oxygen atoms in total. The molecular formula is C19H20O9. The minimum atomic E-state index is -1.66. The maximum Gasteiger partial charge on any atom is 0.229 e. The van der Waals surface area contributed by atoms with E-state index >= 15 is 0 Å². The molecule has 0 bridgehead atoms. The summed E-state index contributed by atoms with van der Waals surface area (Å²) in [7, 11) is 0. The summed E-state index contributed by atoms with van der Waals surface area (Å²) < 4.78 is 10.5. The van der Waals surface area contributed by atoms with Crippen LogP contribution in [0.15, 0.2) is 42.5 Å². The Morgan fingerprint density at radius 1 is 0.964 bits per heavy atom. The standard InChI is InChI=1S/C19H20O9/c20-8-13-16(24)17(25)18(26)19(28-13)27-10-6-11(21)14(12(22)7-10)15(23)9-4-2-1-3-5-9/h1-7,13,16-22,24-26H,8H2/t13-,16-,17+,18-,19-/m1/s1. The van der Waals surface area contributed by atoms with Gasteiger partial charge in [-0.2, -0.15) is 0 Å². The van der Waals surface area contributed by atoms with Crippen LogP contribution in [-0.4, -0.2) is 73.7 Å². The van der Waals surface area contributed by atoms with Crippen molar-refractivity contribution in [3.63, 3.8) is 0 Å². The summed E-state index contributed by atoms with van der Waals surface area (Å²) in [5.74, 6) is -1.89. The summed E-state index contributed by atoms with van der Waals surface area (Å²) in [6.07, 6.45) is -7.52. The van der Waals surface area contributed by atoms with Crippen LogP contribution < -0.4 is 4.74 Å². The molecule has 6 N–H and O–H groups in total. The highest BCUT2D eigenvalue weighted by atomic mass is 16.7. The Morgan fingerprint density at radius 2 is 1.57 bits per heavy atom. The minimum Gasteiger partial charge on any atom is -0.507 e. The lowest BCUT2D eigenvalue weighted by atomic mass is 9.99. The van der Waals surface area contributed by atoms with E-state index in [9.17, 15) is 35.4 Å². The number of ketones is 1. The molecule has 1 fully saturated rings. The van der Waals surface area contributed by atoms with Crippen LogP contribution in [0.5, 0.6) is 17.2 Å². The zero-order valence-corrected chi connectivity index (χ0v) is 14.5. The van der Waals surface area contributed by atoms with Gasteiger partial charge in [-0.1, -0.05) is 30.3 Å². The molecule has 9 heteroatoms. The van der Waals surface area contributed by atoms with Crippen LogP contribution in [0.1, 0.15) is 15.9 Å². The second-order valence-corrected chi connectivity index (χ2v) is 6.35. The molecule has 1 heterocycles. The van der Waals surface area contributed by atoms with Crippen LogP contribution in [0, 0.1) is 0 Å². The molecule has 0 unspecified atom stereocenters. The number of phenols is 2. The Kier molecular flexibility index (Phi) is 5.82. The van der Waals surface area contributed by atoms with E-state index < -0.39 is 54.6 Å². The molecule has 0 aromatic heterocycles. The van der Waals surface area contributed by atoms with E-state index in [1.54, 1.807) is 18.2 Å². The van der Waals surface area contributed by atoms with Gasteiger partial charge in [0.15, 0.2) is 0 Å². The molecule has 150 valence electrons. The lowest BCUT2D eigenvalue weighted by Gasteiger charge is -2.39. The van der Waals surface area contributed by atoms with Crippen LogP contribution in [0.4, 0.5) is 0 Å². The van der Waals surface area contributed by atoms with Crippen molar-refractivity contribution in [3.05, 3.63) is 53.6 Å². The predicted octanol–water partition coefficient (Wildman–Crippen LogP) is -0.493. The molecule has 0 aliphatic carbocycles. The van der Waals surface area contributed by atoms with E-state index in [1.807, 2.05) is 0 Å². The van der Waals surface area contributed by atoms with Crippen LogP contribution in [0.3, 0.4) is 0 Å². The van der Waals surface area contributed by atoms with Crippen LogP contribution >= 0.6 is 0 Å². The Balaban J connectivity index is 1.84. The topological polar surface area (TPSA) is 157 Å². The number of rotatable bonds is 5. The van der Waals surface area contributed by atoms with Crippen molar-refractivity contribution in [2.45, 2.75) is 30.7 Å². The van der Waals surface area contributed by atoms with Gasteiger partial charge in [-0.25, -0.2) is 0 Å². The molecule has 3 rings (SSSR count). The van der Waals surface area contributed by atoms with Crippen molar-refractivity contribution in [1.29, 1.82) is 0 Å². The van der Waals surface area contributed by atoms with E-state index in [0.717, 1.165) is 12.1 Å². The normalized spacial score (nSPS) is 27.4. The highest BCUT2D eigenvalue weighted by Gasteiger charge is 2.44. The number of phenolic OH excluding ortho intramolecular Hbond substituents is 2. The second kappa shape index (κ2) is 8.13. The Labute approximate surface area is 159 Å². The van der Waals surface area contributed by atoms with Crippen molar-refractivity contribution in [2.24, 2.45) is 0 Å². The van der Waals surface area contributed by atoms with Gasteiger partial charge in [0, 0.05) is 17.7 Å². The first-order valence-corrected chi connectivity index (χ1v) is 8.46. The number of aromatic hydroxyl groups is 2. The summed E-state index contributed by atoms with van der Waals surface area (Å²) in [5.41, 5.74) is -0.0666. The molecule has 0 radical (unpaired) electrons. The zero-order chi connectivity index (χ0) is 20.4. The maximum atomic E-state index is 12.5. The monoisotopic (exact) mass is 392 g/mol. The third-order valence-corrected chi connectivity index (χ3v) is 4.43. The molecule has 0 saturated carbocycles. The van der Waals surface area contributed by atoms with Crippen molar-refractivity contribution in [1.82, 2.24) is 0 Å². The Morgan fingerprint density at radius 3 is 2.14 bits per heavy atom. The number of carbonyl (C=O) groups excluding carboxylic acids is 1. The first-order chi connectivity index (χ1) is 13.3. The quantitative estimate of drug-likeness (QED) is 0.369. The summed E-state index contributed by atoms with van der Waals surface area (Å²) in [6, 6.07) is 10.1. The molecule has 2 aromatic carbocycles. The molecule has 1 aliphatic heterocycles. The highest BCUT2D eigenvalue weighted by molar-refractivity contribution is 6.12.